The lowest BCUT2D eigenvalue weighted by Crippen LogP contribution is -2.44. The summed E-state index contributed by atoms with van der Waals surface area (Å²) < 4.78 is 26.8. The summed E-state index contributed by atoms with van der Waals surface area (Å²) in [4.78, 5) is 3.76. The summed E-state index contributed by atoms with van der Waals surface area (Å²) in [5, 5.41) is 18.1. The van der Waals surface area contributed by atoms with Gasteiger partial charge in [0.15, 0.2) is 5.69 Å². The van der Waals surface area contributed by atoms with Crippen LogP contribution in [-0.2, 0) is 10.0 Å². The Bertz CT molecular complexity index is 608. The lowest BCUT2D eigenvalue weighted by Gasteiger charge is -2.34. The van der Waals surface area contributed by atoms with E-state index in [0.29, 0.717) is 13.0 Å². The number of aliphatic hydroxyl groups excluding tert-OH is 1. The van der Waals surface area contributed by atoms with Gasteiger partial charge in [-0.25, -0.2) is 13.4 Å². The van der Waals surface area contributed by atoms with Gasteiger partial charge in [-0.2, -0.15) is 9.57 Å². The Balaban J connectivity index is 2.40. The third-order valence-electron chi connectivity index (χ3n) is 3.50. The molecule has 0 amide bonds. The molecule has 1 aliphatic heterocycles. The van der Waals surface area contributed by atoms with Crippen LogP contribution in [0.3, 0.4) is 0 Å². The second kappa shape index (κ2) is 6.31. The molecule has 2 rings (SSSR count). The van der Waals surface area contributed by atoms with Crippen LogP contribution in [-0.4, -0.2) is 42.0 Å². The van der Waals surface area contributed by atoms with Crippen LogP contribution in [0.5, 0.6) is 0 Å². The van der Waals surface area contributed by atoms with E-state index in [1.54, 1.807) is 0 Å². The van der Waals surface area contributed by atoms with Crippen molar-refractivity contribution >= 4 is 10.0 Å². The average Bonchev–Trinajstić information content (AvgIpc) is 2.48. The fraction of sp³-hybridized carbons (Fsp3) is 0.538. The normalized spacial score (nSPS) is 20.5. The van der Waals surface area contributed by atoms with Gasteiger partial charge in [0, 0.05) is 25.4 Å². The first kappa shape index (κ1) is 14.9. The first-order chi connectivity index (χ1) is 9.61. The number of sulfonamides is 1. The number of aliphatic hydroxyl groups is 1. The number of nitriles is 1. The van der Waals surface area contributed by atoms with Gasteiger partial charge in [-0.15, -0.1) is 0 Å². The minimum absolute atomic E-state index is 0.0468. The minimum atomic E-state index is -3.74. The summed E-state index contributed by atoms with van der Waals surface area (Å²) in [5.41, 5.74) is -0.0826. The Labute approximate surface area is 118 Å². The fourth-order valence-electron chi connectivity index (χ4n) is 2.54. The van der Waals surface area contributed by atoms with E-state index in [9.17, 15) is 8.42 Å². The van der Waals surface area contributed by atoms with Crippen molar-refractivity contribution in [2.75, 3.05) is 13.2 Å². The molecule has 1 aliphatic rings. The Morgan fingerprint density at radius 3 is 3.00 bits per heavy atom. The van der Waals surface area contributed by atoms with Crippen molar-refractivity contribution in [2.45, 2.75) is 36.6 Å². The number of pyridine rings is 1. The number of piperidine rings is 1. The van der Waals surface area contributed by atoms with Crippen molar-refractivity contribution in [1.29, 1.82) is 5.26 Å². The maximum atomic E-state index is 12.7. The van der Waals surface area contributed by atoms with Crippen LogP contribution in [0.4, 0.5) is 0 Å². The number of hydrogen-bond acceptors (Lipinski definition) is 5. The monoisotopic (exact) mass is 295 g/mol. The van der Waals surface area contributed by atoms with E-state index in [0.717, 1.165) is 19.3 Å². The van der Waals surface area contributed by atoms with Gasteiger partial charge in [0.05, 0.1) is 0 Å². The van der Waals surface area contributed by atoms with Crippen molar-refractivity contribution in [3.05, 3.63) is 24.0 Å². The maximum absolute atomic E-state index is 12.7. The molecule has 1 aromatic rings. The van der Waals surface area contributed by atoms with Crippen LogP contribution in [0.25, 0.3) is 0 Å². The van der Waals surface area contributed by atoms with Gasteiger partial charge >= 0.3 is 0 Å². The lowest BCUT2D eigenvalue weighted by molar-refractivity contribution is 0.192. The summed E-state index contributed by atoms with van der Waals surface area (Å²) in [6, 6.07) is 4.54. The third-order valence-corrected chi connectivity index (χ3v) is 5.48. The highest BCUT2D eigenvalue weighted by molar-refractivity contribution is 7.89. The Morgan fingerprint density at radius 2 is 2.30 bits per heavy atom. The Kier molecular flexibility index (Phi) is 4.70. The molecular formula is C13H17N3O3S. The summed E-state index contributed by atoms with van der Waals surface area (Å²) >= 11 is 0. The second-order valence-electron chi connectivity index (χ2n) is 4.74. The predicted molar refractivity (Wildman–Crippen MR) is 72.2 cm³/mol. The molecular weight excluding hydrogens is 278 g/mol. The number of aromatic nitrogens is 1. The maximum Gasteiger partial charge on any atom is 0.246 e. The van der Waals surface area contributed by atoms with E-state index in [1.165, 1.54) is 22.6 Å². The molecule has 1 aromatic heterocycles. The summed E-state index contributed by atoms with van der Waals surface area (Å²) in [6.07, 6.45) is 4.31. The zero-order valence-corrected chi connectivity index (χ0v) is 11.9. The van der Waals surface area contributed by atoms with Gasteiger partial charge in [-0.3, -0.25) is 0 Å². The molecule has 0 aliphatic carbocycles. The largest absolute Gasteiger partial charge is 0.396 e. The van der Waals surface area contributed by atoms with Crippen molar-refractivity contribution in [3.63, 3.8) is 0 Å². The standard InChI is InChI=1S/C13H17N3O3S/c14-10-12-13(5-3-7-15-12)20(18,19)16-8-2-1-4-11(16)6-9-17/h3,5,7,11,17H,1-2,4,6,8-9H2. The van der Waals surface area contributed by atoms with Crippen molar-refractivity contribution in [3.8, 4) is 6.07 Å². The Hall–Kier alpha value is -1.49. The highest BCUT2D eigenvalue weighted by atomic mass is 32.2. The van der Waals surface area contributed by atoms with E-state index in [2.05, 4.69) is 4.98 Å². The van der Waals surface area contributed by atoms with Crippen LogP contribution in [0.2, 0.25) is 0 Å². The zero-order valence-electron chi connectivity index (χ0n) is 11.1. The molecule has 108 valence electrons. The van der Waals surface area contributed by atoms with Crippen LogP contribution < -0.4 is 0 Å². The molecule has 1 N–H and O–H groups in total. The molecule has 6 nitrogen and oxygen atoms in total. The SMILES string of the molecule is N#Cc1ncccc1S(=O)(=O)N1CCCCC1CCO. The van der Waals surface area contributed by atoms with Gasteiger partial charge in [0.2, 0.25) is 10.0 Å². The molecule has 0 saturated carbocycles. The zero-order chi connectivity index (χ0) is 14.6. The summed E-state index contributed by atoms with van der Waals surface area (Å²) in [7, 11) is -3.74. The minimum Gasteiger partial charge on any atom is -0.396 e. The van der Waals surface area contributed by atoms with Crippen LogP contribution in [0, 0.1) is 11.3 Å². The molecule has 0 bridgehead atoms. The first-order valence-electron chi connectivity index (χ1n) is 6.59. The van der Waals surface area contributed by atoms with Crippen molar-refractivity contribution < 1.29 is 13.5 Å². The topological polar surface area (TPSA) is 94.3 Å². The molecule has 2 heterocycles. The molecule has 1 saturated heterocycles. The molecule has 0 aromatic carbocycles. The Morgan fingerprint density at radius 1 is 1.50 bits per heavy atom. The molecule has 0 spiro atoms. The van der Waals surface area contributed by atoms with Gasteiger partial charge in [0.1, 0.15) is 11.0 Å². The van der Waals surface area contributed by atoms with Crippen molar-refractivity contribution in [1.82, 2.24) is 9.29 Å². The molecule has 7 heteroatoms. The fourth-order valence-corrected chi connectivity index (χ4v) is 4.36. The first-order valence-corrected chi connectivity index (χ1v) is 8.03. The number of nitrogens with zero attached hydrogens (tertiary/aromatic N) is 3. The smallest absolute Gasteiger partial charge is 0.246 e. The van der Waals surface area contributed by atoms with E-state index >= 15 is 0 Å². The molecule has 1 atom stereocenters. The predicted octanol–water partition coefficient (Wildman–Crippen LogP) is 0.879. The van der Waals surface area contributed by atoms with E-state index in [1.807, 2.05) is 6.07 Å². The van der Waals surface area contributed by atoms with E-state index in [-0.39, 0.29) is 23.2 Å². The molecule has 1 fully saturated rings. The number of hydrogen-bond donors (Lipinski definition) is 1. The highest BCUT2D eigenvalue weighted by Crippen LogP contribution is 2.27. The van der Waals surface area contributed by atoms with Crippen LogP contribution >= 0.6 is 0 Å². The second-order valence-corrected chi connectivity index (χ2v) is 6.60. The highest BCUT2D eigenvalue weighted by Gasteiger charge is 2.34. The quantitative estimate of drug-likeness (QED) is 0.889. The lowest BCUT2D eigenvalue weighted by atomic mass is 10.0. The van der Waals surface area contributed by atoms with Gasteiger partial charge in [-0.1, -0.05) is 6.42 Å². The number of rotatable bonds is 4. The van der Waals surface area contributed by atoms with Crippen LogP contribution in [0.15, 0.2) is 23.2 Å². The van der Waals surface area contributed by atoms with Gasteiger partial charge in [-0.05, 0) is 31.4 Å². The third kappa shape index (κ3) is 2.82. The van der Waals surface area contributed by atoms with E-state index < -0.39 is 10.0 Å². The summed E-state index contributed by atoms with van der Waals surface area (Å²) in [5.74, 6) is 0. The average molecular weight is 295 g/mol. The van der Waals surface area contributed by atoms with Crippen LogP contribution in [0.1, 0.15) is 31.4 Å². The molecule has 1 unspecified atom stereocenters. The van der Waals surface area contributed by atoms with Crippen molar-refractivity contribution in [2.24, 2.45) is 0 Å². The van der Waals surface area contributed by atoms with Gasteiger partial charge in [0.25, 0.3) is 0 Å². The van der Waals surface area contributed by atoms with Gasteiger partial charge < -0.3 is 5.11 Å². The van der Waals surface area contributed by atoms with E-state index in [4.69, 9.17) is 10.4 Å². The molecule has 0 radical (unpaired) electrons. The molecule has 20 heavy (non-hydrogen) atoms. The summed E-state index contributed by atoms with van der Waals surface area (Å²) in [6.45, 7) is 0.377.